The van der Waals surface area contributed by atoms with Gasteiger partial charge in [-0.1, -0.05) is 20.3 Å². The van der Waals surface area contributed by atoms with Crippen LogP contribution >= 0.6 is 23.2 Å². The molecule has 0 saturated carbocycles. The van der Waals surface area contributed by atoms with Crippen molar-refractivity contribution in [1.29, 1.82) is 0 Å². The fraction of sp³-hybridized carbons (Fsp3) is 1.00. The number of aliphatic hydroxyl groups excluding tert-OH is 1. The van der Waals surface area contributed by atoms with Crippen molar-refractivity contribution in [2.75, 3.05) is 11.9 Å². The van der Waals surface area contributed by atoms with Crippen LogP contribution in [0.2, 0.25) is 0 Å². The van der Waals surface area contributed by atoms with E-state index in [9.17, 15) is 0 Å². The molecule has 0 rings (SSSR count). The minimum absolute atomic E-state index is 0.194. The molecule has 0 unspecified atom stereocenters. The van der Waals surface area contributed by atoms with E-state index in [0.29, 0.717) is 0 Å². The molecule has 0 aromatic heterocycles. The summed E-state index contributed by atoms with van der Waals surface area (Å²) in [5, 5.41) is 7.76. The zero-order valence-electron chi connectivity index (χ0n) is 6.32. The van der Waals surface area contributed by atoms with E-state index in [1.165, 1.54) is 6.42 Å². The summed E-state index contributed by atoms with van der Waals surface area (Å²) >= 11 is 9.53. The van der Waals surface area contributed by atoms with E-state index in [-0.39, 0.29) is 11.9 Å². The topological polar surface area (TPSA) is 20.2 Å². The Balaban J connectivity index is -0.0000000600. The summed E-state index contributed by atoms with van der Waals surface area (Å²) in [6.45, 7) is 6.18. The summed E-state index contributed by atoms with van der Waals surface area (Å²) in [4.78, 5) is 0. The number of rotatable bonds is 0. The van der Waals surface area contributed by atoms with Crippen LogP contribution in [0.25, 0.3) is 0 Å². The van der Waals surface area contributed by atoms with Crippen LogP contribution in [0.5, 0.6) is 0 Å². The van der Waals surface area contributed by atoms with Gasteiger partial charge in [0.1, 0.15) is 0 Å². The molecule has 3 heteroatoms. The standard InChI is InChI=1S/C3H8.C2H6O.CH2Cl2/c1-3-2;1-2-3;2-1-3/h3H2,1-2H3;3H,2H2,1H3;1H2. The zero-order valence-corrected chi connectivity index (χ0v) is 7.84. The lowest BCUT2D eigenvalue weighted by Crippen LogP contribution is -1.57. The number of hydrogen-bond donors (Lipinski definition) is 1. The average molecular weight is 175 g/mol. The summed E-state index contributed by atoms with van der Waals surface area (Å²) in [7, 11) is 0. The Morgan fingerprint density at radius 3 is 1.11 bits per heavy atom. The molecule has 0 bridgehead atoms. The summed E-state index contributed by atoms with van der Waals surface area (Å²) in [6.07, 6.45) is 1.25. The normalized spacial score (nSPS) is 6.00. The van der Waals surface area contributed by atoms with Crippen molar-refractivity contribution in [3.8, 4) is 0 Å². The first-order valence-corrected chi connectivity index (χ1v) is 4.04. The number of hydrogen-bond acceptors (Lipinski definition) is 1. The molecule has 0 radical (unpaired) electrons. The smallest absolute Gasteiger partial charge is 0.0967 e. The van der Waals surface area contributed by atoms with Crippen LogP contribution in [0.3, 0.4) is 0 Å². The highest BCUT2D eigenvalue weighted by Gasteiger charge is 1.41. The first kappa shape index (κ1) is 16.3. The molecule has 0 fully saturated rings. The van der Waals surface area contributed by atoms with Gasteiger partial charge in [0.05, 0.1) is 5.34 Å². The van der Waals surface area contributed by atoms with E-state index >= 15 is 0 Å². The Hall–Kier alpha value is 0.540. The maximum atomic E-state index is 7.57. The van der Waals surface area contributed by atoms with Gasteiger partial charge in [-0.25, -0.2) is 0 Å². The molecule has 9 heavy (non-hydrogen) atoms. The number of alkyl halides is 2. The van der Waals surface area contributed by atoms with Gasteiger partial charge in [-0.3, -0.25) is 0 Å². The molecular formula is C6H16Cl2O. The zero-order chi connectivity index (χ0) is 8.12. The van der Waals surface area contributed by atoms with E-state index in [4.69, 9.17) is 28.3 Å². The maximum absolute atomic E-state index is 7.57. The first-order valence-electron chi connectivity index (χ1n) is 2.97. The predicted molar refractivity (Wildman–Crippen MR) is 45.3 cm³/mol. The van der Waals surface area contributed by atoms with E-state index in [0.717, 1.165) is 0 Å². The molecule has 0 aliphatic rings. The Morgan fingerprint density at radius 1 is 1.11 bits per heavy atom. The van der Waals surface area contributed by atoms with Gasteiger partial charge in [-0.2, -0.15) is 0 Å². The van der Waals surface area contributed by atoms with Crippen molar-refractivity contribution >= 4 is 23.2 Å². The van der Waals surface area contributed by atoms with Crippen molar-refractivity contribution in [1.82, 2.24) is 0 Å². The van der Waals surface area contributed by atoms with E-state index in [1.54, 1.807) is 6.92 Å². The van der Waals surface area contributed by atoms with Gasteiger partial charge in [-0.05, 0) is 6.92 Å². The van der Waals surface area contributed by atoms with Crippen molar-refractivity contribution in [2.24, 2.45) is 0 Å². The van der Waals surface area contributed by atoms with Gasteiger partial charge in [0, 0.05) is 6.61 Å². The molecule has 0 saturated heterocycles. The summed E-state index contributed by atoms with van der Waals surface area (Å²) in [6, 6.07) is 0. The van der Waals surface area contributed by atoms with Gasteiger partial charge in [0.15, 0.2) is 0 Å². The molecule has 0 aromatic carbocycles. The van der Waals surface area contributed by atoms with E-state index < -0.39 is 0 Å². The molecule has 1 nitrogen and oxygen atoms in total. The lowest BCUT2D eigenvalue weighted by molar-refractivity contribution is 0.318. The molecule has 0 amide bonds. The van der Waals surface area contributed by atoms with E-state index in [2.05, 4.69) is 13.8 Å². The predicted octanol–water partition coefficient (Wildman–Crippen LogP) is 2.84. The minimum Gasteiger partial charge on any atom is -0.397 e. The SMILES string of the molecule is CCC.CCO.ClCCl. The van der Waals surface area contributed by atoms with Crippen LogP contribution in [0.1, 0.15) is 27.2 Å². The Kier molecular flexibility index (Phi) is 70.0. The number of halogens is 2. The Bertz CT molecular complexity index is 15.8. The monoisotopic (exact) mass is 174 g/mol. The van der Waals surface area contributed by atoms with Crippen molar-refractivity contribution in [3.05, 3.63) is 0 Å². The highest BCUT2D eigenvalue weighted by Crippen LogP contribution is 1.73. The van der Waals surface area contributed by atoms with E-state index in [1.807, 2.05) is 0 Å². The van der Waals surface area contributed by atoms with Crippen molar-refractivity contribution < 1.29 is 5.11 Å². The molecule has 0 atom stereocenters. The molecular weight excluding hydrogens is 159 g/mol. The van der Waals surface area contributed by atoms with Crippen LogP contribution in [-0.2, 0) is 0 Å². The first-order chi connectivity index (χ1) is 4.24. The highest BCUT2D eigenvalue weighted by atomic mass is 35.5. The second kappa shape index (κ2) is 38.7. The Morgan fingerprint density at radius 2 is 1.11 bits per heavy atom. The molecule has 0 aromatic rings. The van der Waals surface area contributed by atoms with Gasteiger partial charge in [-0.15, -0.1) is 23.2 Å². The molecule has 0 heterocycles. The largest absolute Gasteiger partial charge is 0.397 e. The average Bonchev–Trinajstić information content (AvgIpc) is 1.70. The summed E-state index contributed by atoms with van der Waals surface area (Å²) in [5.74, 6) is 0. The second-order valence-electron chi connectivity index (χ2n) is 1.12. The fourth-order valence-electron chi connectivity index (χ4n) is 0. The van der Waals surface area contributed by atoms with Gasteiger partial charge >= 0.3 is 0 Å². The minimum atomic E-state index is 0.194. The van der Waals surface area contributed by atoms with Crippen LogP contribution in [-0.4, -0.2) is 17.1 Å². The molecule has 0 spiro atoms. The quantitative estimate of drug-likeness (QED) is 0.561. The third-order valence-corrected chi connectivity index (χ3v) is 0. The molecule has 1 N–H and O–H groups in total. The highest BCUT2D eigenvalue weighted by molar-refractivity contribution is 6.40. The lowest BCUT2D eigenvalue weighted by Gasteiger charge is -1.52. The third kappa shape index (κ3) is 1250. The Labute approximate surface area is 68.0 Å². The van der Waals surface area contributed by atoms with Crippen molar-refractivity contribution in [3.63, 3.8) is 0 Å². The van der Waals surface area contributed by atoms with Crippen LogP contribution in [0.15, 0.2) is 0 Å². The fourth-order valence-corrected chi connectivity index (χ4v) is 0. The van der Waals surface area contributed by atoms with Crippen LogP contribution < -0.4 is 0 Å². The lowest BCUT2D eigenvalue weighted by atomic mass is 10.6. The molecule has 0 aliphatic carbocycles. The summed E-state index contributed by atoms with van der Waals surface area (Å²) in [5.41, 5.74) is 0. The van der Waals surface area contributed by atoms with Crippen molar-refractivity contribution in [2.45, 2.75) is 27.2 Å². The molecule has 60 valence electrons. The number of aliphatic hydroxyl groups is 1. The third-order valence-electron chi connectivity index (χ3n) is 0. The van der Waals surface area contributed by atoms with Gasteiger partial charge in [0.2, 0.25) is 0 Å². The van der Waals surface area contributed by atoms with Gasteiger partial charge < -0.3 is 5.11 Å². The van der Waals surface area contributed by atoms with Gasteiger partial charge in [0.25, 0.3) is 0 Å². The maximum Gasteiger partial charge on any atom is 0.0967 e. The second-order valence-corrected chi connectivity index (χ2v) is 1.93. The van der Waals surface area contributed by atoms with Crippen LogP contribution in [0.4, 0.5) is 0 Å². The van der Waals surface area contributed by atoms with Crippen LogP contribution in [0, 0.1) is 0 Å². The summed E-state index contributed by atoms with van der Waals surface area (Å²) < 4.78 is 0. The molecule has 0 aliphatic heterocycles.